The molecule has 0 bridgehead atoms. The molecule has 0 aromatic carbocycles. The van der Waals surface area contributed by atoms with E-state index < -0.39 is 11.5 Å². The smallest absolute Gasteiger partial charge is 0.315 e. The molecule has 19 heavy (non-hydrogen) atoms. The minimum absolute atomic E-state index is 0.0120. The van der Waals surface area contributed by atoms with Crippen LogP contribution in [0.1, 0.15) is 59.3 Å². The summed E-state index contributed by atoms with van der Waals surface area (Å²) in [6.45, 7) is 6.16. The maximum atomic E-state index is 12.0. The number of hydrogen-bond acceptors (Lipinski definition) is 2. The third-order valence-corrected chi connectivity index (χ3v) is 4.29. The van der Waals surface area contributed by atoms with E-state index in [-0.39, 0.29) is 18.5 Å². The molecule has 0 saturated heterocycles. The summed E-state index contributed by atoms with van der Waals surface area (Å²) < 4.78 is 0. The Hall–Kier alpha value is -1.26. The van der Waals surface area contributed by atoms with Gasteiger partial charge in [-0.1, -0.05) is 33.1 Å². The van der Waals surface area contributed by atoms with Crippen LogP contribution in [0.4, 0.5) is 4.79 Å². The van der Waals surface area contributed by atoms with Gasteiger partial charge in [-0.15, -0.1) is 0 Å². The second-order valence-corrected chi connectivity index (χ2v) is 5.83. The monoisotopic (exact) mass is 270 g/mol. The number of carbonyl (C=O) groups is 2. The van der Waals surface area contributed by atoms with Gasteiger partial charge in [-0.25, -0.2) is 4.79 Å². The summed E-state index contributed by atoms with van der Waals surface area (Å²) in [5.41, 5.74) is -0.551. The number of amides is 2. The molecule has 2 atom stereocenters. The molecule has 1 aliphatic carbocycles. The first-order chi connectivity index (χ1) is 8.88. The number of aliphatic carboxylic acids is 1. The van der Waals surface area contributed by atoms with Crippen molar-refractivity contribution in [2.45, 2.75) is 70.9 Å². The Bertz CT molecular complexity index is 325. The molecule has 2 unspecified atom stereocenters. The van der Waals surface area contributed by atoms with E-state index in [0.29, 0.717) is 5.92 Å². The highest BCUT2D eigenvalue weighted by molar-refractivity contribution is 5.77. The van der Waals surface area contributed by atoms with E-state index in [1.165, 1.54) is 0 Å². The summed E-state index contributed by atoms with van der Waals surface area (Å²) in [5.74, 6) is -0.443. The Morgan fingerprint density at radius 1 is 1.26 bits per heavy atom. The average Bonchev–Trinajstić information content (AvgIpc) is 2.74. The van der Waals surface area contributed by atoms with E-state index >= 15 is 0 Å². The van der Waals surface area contributed by atoms with Crippen molar-refractivity contribution < 1.29 is 14.7 Å². The van der Waals surface area contributed by atoms with Gasteiger partial charge in [0.05, 0.1) is 12.0 Å². The number of carbonyl (C=O) groups excluding carboxylic acids is 1. The molecule has 0 radical (unpaired) electrons. The molecule has 5 heteroatoms. The van der Waals surface area contributed by atoms with Gasteiger partial charge in [0.25, 0.3) is 0 Å². The van der Waals surface area contributed by atoms with E-state index in [0.717, 1.165) is 32.1 Å². The fourth-order valence-corrected chi connectivity index (χ4v) is 2.67. The van der Waals surface area contributed by atoms with E-state index in [4.69, 9.17) is 5.11 Å². The predicted octanol–water partition coefficient (Wildman–Crippen LogP) is 2.51. The van der Waals surface area contributed by atoms with Gasteiger partial charge in [-0.05, 0) is 25.7 Å². The van der Waals surface area contributed by atoms with Crippen LogP contribution in [0, 0.1) is 5.92 Å². The first kappa shape index (κ1) is 15.8. The molecule has 110 valence electrons. The lowest BCUT2D eigenvalue weighted by Crippen LogP contribution is -2.54. The van der Waals surface area contributed by atoms with Crippen molar-refractivity contribution >= 4 is 12.0 Å². The Labute approximate surface area is 115 Å². The summed E-state index contributed by atoms with van der Waals surface area (Å²) in [6, 6.07) is -0.149. The van der Waals surface area contributed by atoms with Crippen molar-refractivity contribution in [3.8, 4) is 0 Å². The first-order valence-corrected chi connectivity index (χ1v) is 7.19. The molecule has 1 saturated carbocycles. The van der Waals surface area contributed by atoms with E-state index in [1.807, 2.05) is 6.92 Å². The van der Waals surface area contributed by atoms with Gasteiger partial charge >= 0.3 is 12.0 Å². The lowest BCUT2D eigenvalue weighted by atomic mass is 9.93. The summed E-state index contributed by atoms with van der Waals surface area (Å²) in [5, 5.41) is 14.8. The lowest BCUT2D eigenvalue weighted by molar-refractivity contribution is -0.138. The Balaban J connectivity index is 2.55. The number of carboxylic acid groups (broad SMARTS) is 1. The Kier molecular flexibility index (Phi) is 5.63. The van der Waals surface area contributed by atoms with E-state index in [9.17, 15) is 9.59 Å². The fourth-order valence-electron chi connectivity index (χ4n) is 2.67. The molecule has 0 aromatic rings. The largest absolute Gasteiger partial charge is 0.481 e. The number of nitrogens with one attached hydrogen (secondary N) is 2. The van der Waals surface area contributed by atoms with Crippen LogP contribution < -0.4 is 10.6 Å². The third kappa shape index (κ3) is 4.73. The van der Waals surface area contributed by atoms with Crippen LogP contribution in [-0.4, -0.2) is 28.7 Å². The summed E-state index contributed by atoms with van der Waals surface area (Å²) in [4.78, 5) is 22.9. The topological polar surface area (TPSA) is 78.4 Å². The van der Waals surface area contributed by atoms with E-state index in [2.05, 4.69) is 24.5 Å². The highest BCUT2D eigenvalue weighted by atomic mass is 16.4. The molecule has 5 nitrogen and oxygen atoms in total. The maximum Gasteiger partial charge on any atom is 0.315 e. The van der Waals surface area contributed by atoms with Gasteiger partial charge in [-0.3, -0.25) is 4.79 Å². The first-order valence-electron chi connectivity index (χ1n) is 7.19. The predicted molar refractivity (Wildman–Crippen MR) is 74.0 cm³/mol. The van der Waals surface area contributed by atoms with Crippen LogP contribution in [0.3, 0.4) is 0 Å². The second kappa shape index (κ2) is 6.78. The van der Waals surface area contributed by atoms with Crippen LogP contribution in [0.5, 0.6) is 0 Å². The highest BCUT2D eigenvalue weighted by Gasteiger charge is 2.37. The standard InChI is InChI=1S/C14H26N2O3/c1-4-10(2)11(3)15-13(19)16-14(9-12(17)18)7-5-6-8-14/h10-11H,4-9H2,1-3H3,(H,17,18)(H2,15,16,19). The number of carboxylic acids is 1. The maximum absolute atomic E-state index is 12.0. The van der Waals surface area contributed by atoms with Gasteiger partial charge < -0.3 is 15.7 Å². The van der Waals surface area contributed by atoms with Crippen molar-refractivity contribution in [2.75, 3.05) is 0 Å². The zero-order valence-corrected chi connectivity index (χ0v) is 12.2. The molecule has 0 aromatic heterocycles. The number of urea groups is 1. The molecule has 1 rings (SSSR count). The second-order valence-electron chi connectivity index (χ2n) is 5.83. The lowest BCUT2D eigenvalue weighted by Gasteiger charge is -2.30. The Morgan fingerprint density at radius 2 is 1.84 bits per heavy atom. The SMILES string of the molecule is CCC(C)C(C)NC(=O)NC1(CC(=O)O)CCCC1. The third-order valence-electron chi connectivity index (χ3n) is 4.29. The molecular formula is C14H26N2O3. The van der Waals surface area contributed by atoms with E-state index in [1.54, 1.807) is 0 Å². The van der Waals surface area contributed by atoms with Crippen molar-refractivity contribution in [1.29, 1.82) is 0 Å². The summed E-state index contributed by atoms with van der Waals surface area (Å²) in [7, 11) is 0. The number of rotatable bonds is 6. The van der Waals surface area contributed by atoms with Gasteiger partial charge in [0.1, 0.15) is 0 Å². The summed E-state index contributed by atoms with van der Waals surface area (Å²) in [6.07, 6.45) is 4.48. The molecular weight excluding hydrogens is 244 g/mol. The Morgan fingerprint density at radius 3 is 2.32 bits per heavy atom. The molecule has 0 spiro atoms. The zero-order chi connectivity index (χ0) is 14.5. The molecule has 3 N–H and O–H groups in total. The molecule has 2 amide bonds. The molecule has 0 heterocycles. The minimum atomic E-state index is -0.850. The van der Waals surface area contributed by atoms with Crippen molar-refractivity contribution in [2.24, 2.45) is 5.92 Å². The fraction of sp³-hybridized carbons (Fsp3) is 0.857. The van der Waals surface area contributed by atoms with Crippen LogP contribution in [0.25, 0.3) is 0 Å². The molecule has 1 fully saturated rings. The highest BCUT2D eigenvalue weighted by Crippen LogP contribution is 2.32. The van der Waals surface area contributed by atoms with Gasteiger partial charge in [-0.2, -0.15) is 0 Å². The van der Waals surface area contributed by atoms with Crippen molar-refractivity contribution in [1.82, 2.24) is 10.6 Å². The minimum Gasteiger partial charge on any atom is -0.481 e. The molecule has 1 aliphatic rings. The van der Waals surface area contributed by atoms with Gasteiger partial charge in [0.2, 0.25) is 0 Å². The zero-order valence-electron chi connectivity index (χ0n) is 12.2. The quantitative estimate of drug-likeness (QED) is 0.694. The van der Waals surface area contributed by atoms with Crippen LogP contribution in [-0.2, 0) is 4.79 Å². The average molecular weight is 270 g/mol. The van der Waals surface area contributed by atoms with Crippen LogP contribution in [0.15, 0.2) is 0 Å². The number of hydrogen-bond donors (Lipinski definition) is 3. The normalized spacial score (nSPS) is 20.6. The van der Waals surface area contributed by atoms with Crippen LogP contribution in [0.2, 0.25) is 0 Å². The van der Waals surface area contributed by atoms with Crippen LogP contribution >= 0.6 is 0 Å². The van der Waals surface area contributed by atoms with Gasteiger partial charge in [0, 0.05) is 6.04 Å². The van der Waals surface area contributed by atoms with Gasteiger partial charge in [0.15, 0.2) is 0 Å². The van der Waals surface area contributed by atoms with Crippen molar-refractivity contribution in [3.05, 3.63) is 0 Å². The molecule has 0 aliphatic heterocycles. The van der Waals surface area contributed by atoms with Crippen molar-refractivity contribution in [3.63, 3.8) is 0 Å². The summed E-state index contributed by atoms with van der Waals surface area (Å²) >= 11 is 0.